The predicted molar refractivity (Wildman–Crippen MR) is 75.4 cm³/mol. The third-order valence-electron chi connectivity index (χ3n) is 3.80. The molecule has 1 aliphatic rings. The predicted octanol–water partition coefficient (Wildman–Crippen LogP) is 0.921. The van der Waals surface area contributed by atoms with E-state index in [0.29, 0.717) is 6.42 Å². The molecule has 1 aromatic carbocycles. The van der Waals surface area contributed by atoms with Gasteiger partial charge in [0.15, 0.2) is 9.84 Å². The fourth-order valence-electron chi connectivity index (χ4n) is 2.38. The number of nitrogens with zero attached hydrogens (tertiary/aromatic N) is 1. The van der Waals surface area contributed by atoms with Crippen LogP contribution in [0, 0.1) is 11.7 Å². The van der Waals surface area contributed by atoms with Gasteiger partial charge in [0.2, 0.25) is 5.91 Å². The van der Waals surface area contributed by atoms with E-state index in [0.717, 1.165) is 24.3 Å². The van der Waals surface area contributed by atoms with E-state index in [2.05, 4.69) is 0 Å². The number of benzene rings is 1. The van der Waals surface area contributed by atoms with Crippen LogP contribution in [0.5, 0.6) is 0 Å². The van der Waals surface area contributed by atoms with Crippen molar-refractivity contribution in [3.63, 3.8) is 0 Å². The van der Waals surface area contributed by atoms with E-state index in [1.54, 1.807) is 0 Å². The third kappa shape index (κ3) is 3.11. The molecule has 2 atom stereocenters. The first-order valence-electron chi connectivity index (χ1n) is 6.74. The highest BCUT2D eigenvalue weighted by molar-refractivity contribution is 7.92. The molecular weight excluding hydrogens is 313 g/mol. The van der Waals surface area contributed by atoms with Gasteiger partial charge in [-0.05, 0) is 37.6 Å². The van der Waals surface area contributed by atoms with Crippen LogP contribution < -0.4 is 0 Å². The summed E-state index contributed by atoms with van der Waals surface area (Å²) in [7, 11) is -3.94. The van der Waals surface area contributed by atoms with E-state index in [-0.39, 0.29) is 18.0 Å². The highest BCUT2D eigenvalue weighted by Gasteiger charge is 2.37. The molecule has 1 heterocycles. The third-order valence-corrected chi connectivity index (χ3v) is 5.87. The zero-order valence-corrected chi connectivity index (χ0v) is 12.7. The second-order valence-corrected chi connectivity index (χ2v) is 7.52. The topological polar surface area (TPSA) is 91.8 Å². The number of carbonyl (C=O) groups excluding carboxylic acids is 1. The van der Waals surface area contributed by atoms with E-state index in [1.807, 2.05) is 0 Å². The van der Waals surface area contributed by atoms with Crippen molar-refractivity contribution >= 4 is 21.7 Å². The number of likely N-dealkylation sites (tertiary alicyclic amines) is 1. The molecule has 6 nitrogen and oxygen atoms in total. The Hall–Kier alpha value is -1.96. The first-order chi connectivity index (χ1) is 10.2. The number of rotatable bonds is 4. The number of sulfone groups is 1. The molecule has 8 heteroatoms. The molecule has 120 valence electrons. The molecule has 0 spiro atoms. The normalized spacial score (nSPS) is 19.9. The maximum absolute atomic E-state index is 12.9. The second kappa shape index (κ2) is 6.04. The summed E-state index contributed by atoms with van der Waals surface area (Å²) in [5.74, 6) is -2.86. The molecule has 0 bridgehead atoms. The Balaban J connectivity index is 2.16. The molecule has 0 aliphatic carbocycles. The van der Waals surface area contributed by atoms with Gasteiger partial charge in [0, 0.05) is 13.1 Å². The Kier molecular flexibility index (Phi) is 4.50. The Morgan fingerprint density at radius 3 is 2.41 bits per heavy atom. The lowest BCUT2D eigenvalue weighted by molar-refractivity contribution is -0.141. The molecule has 2 rings (SSSR count). The lowest BCUT2D eigenvalue weighted by Crippen LogP contribution is -2.40. The van der Waals surface area contributed by atoms with Crippen LogP contribution >= 0.6 is 0 Å². The van der Waals surface area contributed by atoms with Gasteiger partial charge >= 0.3 is 5.97 Å². The summed E-state index contributed by atoms with van der Waals surface area (Å²) in [5, 5.41) is 7.58. The first-order valence-corrected chi connectivity index (χ1v) is 8.29. The molecular formula is C14H16FNO5S. The van der Waals surface area contributed by atoms with Crippen molar-refractivity contribution in [2.75, 3.05) is 13.1 Å². The highest BCUT2D eigenvalue weighted by Crippen LogP contribution is 2.22. The van der Waals surface area contributed by atoms with Gasteiger partial charge in [0.05, 0.1) is 10.8 Å². The summed E-state index contributed by atoms with van der Waals surface area (Å²) in [6.45, 7) is 1.49. The molecule has 1 fully saturated rings. The van der Waals surface area contributed by atoms with Crippen LogP contribution in [0.25, 0.3) is 0 Å². The van der Waals surface area contributed by atoms with Crippen molar-refractivity contribution in [3.05, 3.63) is 30.1 Å². The van der Waals surface area contributed by atoms with Gasteiger partial charge in [-0.25, -0.2) is 12.8 Å². The number of halogens is 1. The summed E-state index contributed by atoms with van der Waals surface area (Å²) < 4.78 is 37.6. The van der Waals surface area contributed by atoms with E-state index in [4.69, 9.17) is 5.11 Å². The quantitative estimate of drug-likeness (QED) is 0.830. The Morgan fingerprint density at radius 1 is 1.32 bits per heavy atom. The Morgan fingerprint density at radius 2 is 1.91 bits per heavy atom. The van der Waals surface area contributed by atoms with Crippen molar-refractivity contribution in [3.8, 4) is 0 Å². The maximum atomic E-state index is 12.9. The SMILES string of the molecule is C[C@@H](C(=O)N1CC[C@H](C(=O)O)C1)S(=O)(=O)c1ccc(F)cc1. The summed E-state index contributed by atoms with van der Waals surface area (Å²) >= 11 is 0. The van der Waals surface area contributed by atoms with Crippen LogP contribution in [0.15, 0.2) is 29.2 Å². The lowest BCUT2D eigenvalue weighted by atomic mass is 10.1. The van der Waals surface area contributed by atoms with Crippen LogP contribution in [0.4, 0.5) is 4.39 Å². The molecule has 0 radical (unpaired) electrons. The number of hydrogen-bond acceptors (Lipinski definition) is 4. The fourth-order valence-corrected chi connectivity index (χ4v) is 3.72. The number of amides is 1. The molecule has 1 aromatic rings. The summed E-state index contributed by atoms with van der Waals surface area (Å²) in [6.07, 6.45) is 0.310. The monoisotopic (exact) mass is 329 g/mol. The standard InChI is InChI=1S/C14H16FNO5S/c1-9(13(17)16-7-6-10(8-16)14(18)19)22(20,21)12-4-2-11(15)3-5-12/h2-5,9-10H,6-8H2,1H3,(H,18,19)/t9-,10-/m0/s1. The van der Waals surface area contributed by atoms with E-state index in [1.165, 1.54) is 11.8 Å². The minimum absolute atomic E-state index is 0.0114. The second-order valence-electron chi connectivity index (χ2n) is 5.25. The number of carbonyl (C=O) groups is 2. The summed E-state index contributed by atoms with van der Waals surface area (Å²) in [6, 6.07) is 4.25. The van der Waals surface area contributed by atoms with Crippen LogP contribution in [0.1, 0.15) is 13.3 Å². The zero-order valence-electron chi connectivity index (χ0n) is 11.9. The lowest BCUT2D eigenvalue weighted by Gasteiger charge is -2.20. The van der Waals surface area contributed by atoms with Crippen LogP contribution in [0.2, 0.25) is 0 Å². The molecule has 0 aromatic heterocycles. The largest absolute Gasteiger partial charge is 0.481 e. The van der Waals surface area contributed by atoms with Gasteiger partial charge in [0.1, 0.15) is 11.1 Å². The summed E-state index contributed by atoms with van der Waals surface area (Å²) in [5.41, 5.74) is 0. The minimum Gasteiger partial charge on any atom is -0.481 e. The van der Waals surface area contributed by atoms with Crippen LogP contribution in [-0.2, 0) is 19.4 Å². The van der Waals surface area contributed by atoms with E-state index < -0.39 is 38.7 Å². The molecule has 1 amide bonds. The number of carboxylic acid groups (broad SMARTS) is 1. The van der Waals surface area contributed by atoms with Gasteiger partial charge in [-0.1, -0.05) is 0 Å². The van der Waals surface area contributed by atoms with E-state index >= 15 is 0 Å². The number of hydrogen-bond donors (Lipinski definition) is 1. The Labute approximate surface area is 127 Å². The van der Waals surface area contributed by atoms with E-state index in [9.17, 15) is 22.4 Å². The minimum atomic E-state index is -3.94. The summed E-state index contributed by atoms with van der Waals surface area (Å²) in [4.78, 5) is 24.3. The molecule has 1 saturated heterocycles. The van der Waals surface area contributed by atoms with Gasteiger partial charge < -0.3 is 10.0 Å². The molecule has 1 N–H and O–H groups in total. The van der Waals surface area contributed by atoms with Gasteiger partial charge in [-0.2, -0.15) is 0 Å². The van der Waals surface area contributed by atoms with Crippen molar-refractivity contribution in [1.82, 2.24) is 4.90 Å². The first kappa shape index (κ1) is 16.4. The van der Waals surface area contributed by atoms with Gasteiger partial charge in [-0.15, -0.1) is 0 Å². The fraction of sp³-hybridized carbons (Fsp3) is 0.429. The zero-order chi connectivity index (χ0) is 16.5. The molecule has 0 unspecified atom stereocenters. The van der Waals surface area contributed by atoms with Gasteiger partial charge in [-0.3, -0.25) is 9.59 Å². The van der Waals surface area contributed by atoms with Crippen molar-refractivity contribution in [2.45, 2.75) is 23.5 Å². The molecule has 0 saturated carbocycles. The highest BCUT2D eigenvalue weighted by atomic mass is 32.2. The van der Waals surface area contributed by atoms with Crippen molar-refractivity contribution < 1.29 is 27.5 Å². The smallest absolute Gasteiger partial charge is 0.308 e. The number of aliphatic carboxylic acids is 1. The van der Waals surface area contributed by atoms with Crippen LogP contribution in [-0.4, -0.2) is 48.6 Å². The number of carboxylic acids is 1. The molecule has 22 heavy (non-hydrogen) atoms. The van der Waals surface area contributed by atoms with Crippen LogP contribution in [0.3, 0.4) is 0 Å². The average molecular weight is 329 g/mol. The molecule has 1 aliphatic heterocycles. The van der Waals surface area contributed by atoms with Crippen molar-refractivity contribution in [2.24, 2.45) is 5.92 Å². The average Bonchev–Trinajstić information content (AvgIpc) is 2.96. The Bertz CT molecular complexity index is 686. The van der Waals surface area contributed by atoms with Gasteiger partial charge in [0.25, 0.3) is 0 Å². The maximum Gasteiger partial charge on any atom is 0.308 e. The van der Waals surface area contributed by atoms with Crippen molar-refractivity contribution in [1.29, 1.82) is 0 Å².